The van der Waals surface area contributed by atoms with E-state index in [4.69, 9.17) is 10.5 Å². The summed E-state index contributed by atoms with van der Waals surface area (Å²) < 4.78 is 4.71. The third kappa shape index (κ3) is 2.65. The van der Waals surface area contributed by atoms with Gasteiger partial charge >= 0.3 is 5.97 Å². The first-order chi connectivity index (χ1) is 7.10. The van der Waals surface area contributed by atoms with Crippen LogP contribution >= 0.6 is 11.8 Å². The molecule has 0 unspecified atom stereocenters. The van der Waals surface area contributed by atoms with Crippen LogP contribution in [-0.4, -0.2) is 19.3 Å². The Labute approximate surface area is 94.0 Å². The fourth-order valence-corrected chi connectivity index (χ4v) is 1.91. The van der Waals surface area contributed by atoms with Crippen LogP contribution in [0.3, 0.4) is 0 Å². The topological polar surface area (TPSA) is 52.3 Å². The number of esters is 1. The van der Waals surface area contributed by atoms with Gasteiger partial charge in [-0.1, -0.05) is 6.07 Å². The summed E-state index contributed by atoms with van der Waals surface area (Å²) in [5, 5.41) is 0. The molecule has 0 saturated heterocycles. The van der Waals surface area contributed by atoms with E-state index in [2.05, 4.69) is 0 Å². The van der Waals surface area contributed by atoms with Gasteiger partial charge in [0.15, 0.2) is 0 Å². The van der Waals surface area contributed by atoms with Crippen molar-refractivity contribution in [2.45, 2.75) is 12.7 Å². The third-order valence-corrected chi connectivity index (χ3v) is 2.80. The van der Waals surface area contributed by atoms with Crippen molar-refractivity contribution >= 4 is 23.4 Å². The summed E-state index contributed by atoms with van der Waals surface area (Å²) in [4.78, 5) is 11.5. The van der Waals surface area contributed by atoms with E-state index in [1.165, 1.54) is 7.11 Å². The number of ether oxygens (including phenoxy) is 1. The number of rotatable bonds is 3. The molecule has 0 aliphatic heterocycles. The number of anilines is 1. The minimum Gasteiger partial charge on any atom is -0.465 e. The second-order valence-corrected chi connectivity index (χ2v) is 4.16. The standard InChI is InChI=1S/C11H15NO2S/c1-7-4-8(6-15-3)9(5-10(7)12)11(13)14-2/h4-5H,6,12H2,1-3H3. The van der Waals surface area contributed by atoms with Gasteiger partial charge in [-0.15, -0.1) is 0 Å². The van der Waals surface area contributed by atoms with Gasteiger partial charge in [-0.2, -0.15) is 11.8 Å². The van der Waals surface area contributed by atoms with Crippen LogP contribution in [0.15, 0.2) is 12.1 Å². The average molecular weight is 225 g/mol. The summed E-state index contributed by atoms with van der Waals surface area (Å²) in [7, 11) is 1.38. The van der Waals surface area contributed by atoms with E-state index in [0.29, 0.717) is 11.3 Å². The van der Waals surface area contributed by atoms with E-state index in [1.54, 1.807) is 17.8 Å². The number of carbonyl (C=O) groups is 1. The maximum absolute atomic E-state index is 11.5. The molecule has 3 nitrogen and oxygen atoms in total. The number of thioether (sulfide) groups is 1. The third-order valence-electron chi connectivity index (χ3n) is 2.20. The second kappa shape index (κ2) is 5.07. The van der Waals surface area contributed by atoms with Crippen molar-refractivity contribution in [2.75, 3.05) is 19.1 Å². The van der Waals surface area contributed by atoms with Gasteiger partial charge in [0.1, 0.15) is 0 Å². The summed E-state index contributed by atoms with van der Waals surface area (Å²) in [6, 6.07) is 3.63. The number of nitrogens with two attached hydrogens (primary N) is 1. The molecule has 0 atom stereocenters. The van der Waals surface area contributed by atoms with Crippen molar-refractivity contribution in [1.29, 1.82) is 0 Å². The van der Waals surface area contributed by atoms with Crippen molar-refractivity contribution in [3.05, 3.63) is 28.8 Å². The Morgan fingerprint density at radius 3 is 2.73 bits per heavy atom. The number of aryl methyl sites for hydroxylation is 1. The lowest BCUT2D eigenvalue weighted by Crippen LogP contribution is -2.07. The molecule has 0 amide bonds. The van der Waals surface area contributed by atoms with Crippen molar-refractivity contribution < 1.29 is 9.53 Å². The Balaban J connectivity index is 3.21. The summed E-state index contributed by atoms with van der Waals surface area (Å²) in [5.41, 5.74) is 8.92. The Kier molecular flexibility index (Phi) is 4.03. The molecule has 0 spiro atoms. The molecule has 0 heterocycles. The van der Waals surface area contributed by atoms with E-state index in [9.17, 15) is 4.79 Å². The smallest absolute Gasteiger partial charge is 0.338 e. The van der Waals surface area contributed by atoms with Crippen LogP contribution < -0.4 is 5.73 Å². The first kappa shape index (κ1) is 11.9. The lowest BCUT2D eigenvalue weighted by molar-refractivity contribution is 0.0600. The number of carbonyl (C=O) groups excluding carboxylic acids is 1. The first-order valence-corrected chi connectivity index (χ1v) is 5.95. The van der Waals surface area contributed by atoms with Crippen LogP contribution in [-0.2, 0) is 10.5 Å². The van der Waals surface area contributed by atoms with Crippen LogP contribution in [0.4, 0.5) is 5.69 Å². The summed E-state index contributed by atoms with van der Waals surface area (Å²) in [6.07, 6.45) is 1.99. The number of methoxy groups -OCH3 is 1. The fourth-order valence-electron chi connectivity index (χ4n) is 1.36. The maximum Gasteiger partial charge on any atom is 0.338 e. The van der Waals surface area contributed by atoms with Crippen LogP contribution in [0.5, 0.6) is 0 Å². The summed E-state index contributed by atoms with van der Waals surface area (Å²) >= 11 is 1.66. The van der Waals surface area contributed by atoms with Crippen molar-refractivity contribution in [3.63, 3.8) is 0 Å². The monoisotopic (exact) mass is 225 g/mol. The summed E-state index contributed by atoms with van der Waals surface area (Å²) in [5.74, 6) is 0.455. The molecule has 0 aromatic heterocycles. The number of benzene rings is 1. The lowest BCUT2D eigenvalue weighted by atomic mass is 10.0. The van der Waals surface area contributed by atoms with Gasteiger partial charge in [0, 0.05) is 11.4 Å². The molecule has 0 bridgehead atoms. The van der Waals surface area contributed by atoms with Gasteiger partial charge in [-0.3, -0.25) is 0 Å². The molecule has 2 N–H and O–H groups in total. The van der Waals surface area contributed by atoms with Gasteiger partial charge in [-0.25, -0.2) is 4.79 Å². The highest BCUT2D eigenvalue weighted by molar-refractivity contribution is 7.97. The highest BCUT2D eigenvalue weighted by Gasteiger charge is 2.13. The number of nitrogen functional groups attached to an aromatic ring is 1. The Morgan fingerprint density at radius 1 is 1.53 bits per heavy atom. The molecule has 0 fully saturated rings. The number of hydrogen-bond acceptors (Lipinski definition) is 4. The minimum absolute atomic E-state index is 0.328. The zero-order valence-electron chi connectivity index (χ0n) is 9.16. The molecule has 0 aliphatic carbocycles. The highest BCUT2D eigenvalue weighted by Crippen LogP contribution is 2.22. The van der Waals surface area contributed by atoms with Gasteiger partial charge in [0.25, 0.3) is 0 Å². The molecular formula is C11H15NO2S. The molecule has 15 heavy (non-hydrogen) atoms. The fraction of sp³-hybridized carbons (Fsp3) is 0.364. The largest absolute Gasteiger partial charge is 0.465 e. The van der Waals surface area contributed by atoms with Crippen LogP contribution in [0, 0.1) is 6.92 Å². The Hall–Kier alpha value is -1.16. The molecular weight excluding hydrogens is 210 g/mol. The van der Waals surface area contributed by atoms with Crippen molar-refractivity contribution in [3.8, 4) is 0 Å². The van der Waals surface area contributed by atoms with Crippen LogP contribution in [0.1, 0.15) is 21.5 Å². The molecule has 1 aromatic rings. The zero-order chi connectivity index (χ0) is 11.4. The molecule has 0 radical (unpaired) electrons. The minimum atomic E-state index is -0.328. The molecule has 82 valence electrons. The Bertz CT molecular complexity index is 377. The first-order valence-electron chi connectivity index (χ1n) is 4.56. The molecule has 1 rings (SSSR count). The highest BCUT2D eigenvalue weighted by atomic mass is 32.2. The van der Waals surface area contributed by atoms with Crippen molar-refractivity contribution in [2.24, 2.45) is 0 Å². The predicted molar refractivity (Wildman–Crippen MR) is 64.1 cm³/mol. The van der Waals surface area contributed by atoms with Gasteiger partial charge in [-0.05, 0) is 30.4 Å². The van der Waals surface area contributed by atoms with Gasteiger partial charge < -0.3 is 10.5 Å². The van der Waals surface area contributed by atoms with Crippen molar-refractivity contribution in [1.82, 2.24) is 0 Å². The second-order valence-electron chi connectivity index (χ2n) is 3.29. The number of hydrogen-bond donors (Lipinski definition) is 1. The maximum atomic E-state index is 11.5. The summed E-state index contributed by atoms with van der Waals surface area (Å²) in [6.45, 7) is 1.93. The zero-order valence-corrected chi connectivity index (χ0v) is 9.98. The quantitative estimate of drug-likeness (QED) is 0.633. The average Bonchev–Trinajstić information content (AvgIpc) is 2.22. The Morgan fingerprint density at radius 2 is 2.20 bits per heavy atom. The van der Waals surface area contributed by atoms with E-state index < -0.39 is 0 Å². The van der Waals surface area contributed by atoms with Crippen LogP contribution in [0.2, 0.25) is 0 Å². The molecule has 4 heteroatoms. The SMILES string of the molecule is COC(=O)c1cc(N)c(C)cc1CSC. The van der Waals surface area contributed by atoms with E-state index in [0.717, 1.165) is 16.9 Å². The van der Waals surface area contributed by atoms with Gasteiger partial charge in [0.2, 0.25) is 0 Å². The normalized spacial score (nSPS) is 10.1. The molecule has 0 aliphatic rings. The van der Waals surface area contributed by atoms with E-state index >= 15 is 0 Å². The van der Waals surface area contributed by atoms with E-state index in [1.807, 2.05) is 19.2 Å². The predicted octanol–water partition coefficient (Wildman–Crippen LogP) is 2.23. The lowest BCUT2D eigenvalue weighted by Gasteiger charge is -2.10. The van der Waals surface area contributed by atoms with Gasteiger partial charge in [0.05, 0.1) is 12.7 Å². The van der Waals surface area contributed by atoms with E-state index in [-0.39, 0.29) is 5.97 Å². The molecule has 1 aromatic carbocycles. The van der Waals surface area contributed by atoms with Crippen LogP contribution in [0.25, 0.3) is 0 Å². The molecule has 0 saturated carbocycles.